The van der Waals surface area contributed by atoms with Crippen LogP contribution >= 0.6 is 22.9 Å². The van der Waals surface area contributed by atoms with Gasteiger partial charge in [-0.25, -0.2) is 0 Å². The highest BCUT2D eigenvalue weighted by atomic mass is 35.5. The van der Waals surface area contributed by atoms with Gasteiger partial charge in [-0.15, -0.1) is 11.3 Å². The summed E-state index contributed by atoms with van der Waals surface area (Å²) in [7, 11) is 0. The number of nitrogens with one attached hydrogen (secondary N) is 1. The van der Waals surface area contributed by atoms with Gasteiger partial charge in [-0.1, -0.05) is 17.7 Å². The third-order valence-electron chi connectivity index (χ3n) is 4.22. The van der Waals surface area contributed by atoms with Gasteiger partial charge in [-0.05, 0) is 55.0 Å². The highest BCUT2D eigenvalue weighted by Crippen LogP contribution is 2.26. The van der Waals surface area contributed by atoms with Crippen molar-refractivity contribution in [2.24, 2.45) is 0 Å². The van der Waals surface area contributed by atoms with Gasteiger partial charge in [0.2, 0.25) is 5.91 Å². The lowest BCUT2D eigenvalue weighted by Gasteiger charge is -2.31. The van der Waals surface area contributed by atoms with Crippen LogP contribution in [-0.2, 0) is 17.8 Å². The Kier molecular flexibility index (Phi) is 4.52. The number of benzene rings is 1. The first kappa shape index (κ1) is 15.5. The molecule has 1 aliphatic heterocycles. The van der Waals surface area contributed by atoms with E-state index in [0.717, 1.165) is 30.8 Å². The van der Waals surface area contributed by atoms with E-state index in [2.05, 4.69) is 21.7 Å². The number of amides is 1. The third kappa shape index (κ3) is 3.19. The maximum absolute atomic E-state index is 12.5. The molecule has 1 aromatic carbocycles. The predicted molar refractivity (Wildman–Crippen MR) is 92.7 cm³/mol. The molecule has 5 heteroatoms. The normalized spacial score (nSPS) is 16.1. The molecule has 22 heavy (non-hydrogen) atoms. The fraction of sp³-hybridized carbons (Fsp3) is 0.353. The highest BCUT2D eigenvalue weighted by molar-refractivity contribution is 7.10. The fourth-order valence-corrected chi connectivity index (χ4v) is 3.79. The van der Waals surface area contributed by atoms with Crippen LogP contribution in [0.5, 0.6) is 0 Å². The van der Waals surface area contributed by atoms with Gasteiger partial charge in [-0.3, -0.25) is 9.69 Å². The summed E-state index contributed by atoms with van der Waals surface area (Å²) in [5.74, 6) is 0.0176. The predicted octanol–water partition coefficient (Wildman–Crippen LogP) is 4.10. The van der Waals surface area contributed by atoms with Crippen LogP contribution in [0.2, 0.25) is 5.02 Å². The summed E-state index contributed by atoms with van der Waals surface area (Å²) in [5, 5.41) is 5.77. The maximum Gasteiger partial charge on any atom is 0.241 e. The molecule has 1 amide bonds. The van der Waals surface area contributed by atoms with Crippen molar-refractivity contribution in [2.75, 3.05) is 11.9 Å². The first-order chi connectivity index (χ1) is 10.5. The van der Waals surface area contributed by atoms with Crippen molar-refractivity contribution in [1.82, 2.24) is 4.90 Å². The quantitative estimate of drug-likeness (QED) is 0.916. The van der Waals surface area contributed by atoms with E-state index in [4.69, 9.17) is 11.6 Å². The lowest BCUT2D eigenvalue weighted by Crippen LogP contribution is -2.44. The molecule has 0 aliphatic carbocycles. The standard InChI is InChI=1S/C17H19ClN2OS/c1-11-3-4-14(18)9-15(11)19-17(21)12(2)20-7-5-16-13(10-20)6-8-22-16/h3-4,6,8-9,12H,5,7,10H2,1-2H3,(H,19,21)/t12-/m1/s1. The molecule has 3 nitrogen and oxygen atoms in total. The molecule has 0 fully saturated rings. The number of halogens is 1. The van der Waals surface area contributed by atoms with E-state index < -0.39 is 0 Å². The summed E-state index contributed by atoms with van der Waals surface area (Å²) in [5.41, 5.74) is 3.16. The largest absolute Gasteiger partial charge is 0.324 e. The molecule has 0 radical (unpaired) electrons. The van der Waals surface area contributed by atoms with E-state index in [0.29, 0.717) is 5.02 Å². The van der Waals surface area contributed by atoms with Gasteiger partial charge < -0.3 is 5.32 Å². The van der Waals surface area contributed by atoms with Gasteiger partial charge in [0.25, 0.3) is 0 Å². The van der Waals surface area contributed by atoms with E-state index in [-0.39, 0.29) is 11.9 Å². The molecule has 1 N–H and O–H groups in total. The van der Waals surface area contributed by atoms with Gasteiger partial charge in [-0.2, -0.15) is 0 Å². The summed E-state index contributed by atoms with van der Waals surface area (Å²) < 4.78 is 0. The van der Waals surface area contributed by atoms with Crippen LogP contribution in [-0.4, -0.2) is 23.4 Å². The third-order valence-corrected chi connectivity index (χ3v) is 5.48. The molecule has 1 atom stereocenters. The number of carbonyl (C=O) groups excluding carboxylic acids is 1. The van der Waals surface area contributed by atoms with Gasteiger partial charge in [0.15, 0.2) is 0 Å². The number of thiophene rings is 1. The van der Waals surface area contributed by atoms with Crippen LogP contribution < -0.4 is 5.32 Å². The zero-order valence-electron chi connectivity index (χ0n) is 12.7. The average molecular weight is 335 g/mol. The summed E-state index contributed by atoms with van der Waals surface area (Å²) in [6, 6.07) is 7.55. The molecule has 0 saturated heterocycles. The Morgan fingerprint density at radius 1 is 1.41 bits per heavy atom. The number of nitrogens with zero attached hydrogens (tertiary/aromatic N) is 1. The Morgan fingerprint density at radius 2 is 2.23 bits per heavy atom. The first-order valence-electron chi connectivity index (χ1n) is 7.41. The molecular weight excluding hydrogens is 316 g/mol. The van der Waals surface area contributed by atoms with Crippen LogP contribution in [0.1, 0.15) is 22.9 Å². The molecule has 0 spiro atoms. The summed E-state index contributed by atoms with van der Waals surface area (Å²) in [6.07, 6.45) is 1.03. The van der Waals surface area contributed by atoms with Crippen LogP contribution in [0.15, 0.2) is 29.6 Å². The van der Waals surface area contributed by atoms with Crippen molar-refractivity contribution in [3.63, 3.8) is 0 Å². The molecule has 116 valence electrons. The molecule has 1 aliphatic rings. The monoisotopic (exact) mass is 334 g/mol. The number of fused-ring (bicyclic) bond motifs is 1. The van der Waals surface area contributed by atoms with E-state index in [1.165, 1.54) is 10.4 Å². The maximum atomic E-state index is 12.5. The zero-order valence-corrected chi connectivity index (χ0v) is 14.3. The number of carbonyl (C=O) groups is 1. The minimum absolute atomic E-state index is 0.0176. The van der Waals surface area contributed by atoms with Gasteiger partial charge in [0, 0.05) is 28.7 Å². The second-order valence-electron chi connectivity index (χ2n) is 5.71. The average Bonchev–Trinajstić information content (AvgIpc) is 2.97. The minimum atomic E-state index is -0.161. The van der Waals surface area contributed by atoms with Crippen LogP contribution in [0.3, 0.4) is 0 Å². The lowest BCUT2D eigenvalue weighted by molar-refractivity contribution is -0.121. The summed E-state index contributed by atoms with van der Waals surface area (Å²) >= 11 is 7.82. The van der Waals surface area contributed by atoms with Gasteiger partial charge in [0.1, 0.15) is 0 Å². The topological polar surface area (TPSA) is 32.3 Å². The Bertz CT molecular complexity index is 698. The zero-order chi connectivity index (χ0) is 15.7. The Labute approximate surface area is 139 Å². The molecule has 2 aromatic rings. The number of hydrogen-bond donors (Lipinski definition) is 1. The van der Waals surface area contributed by atoms with Crippen molar-refractivity contribution in [1.29, 1.82) is 0 Å². The van der Waals surface area contributed by atoms with E-state index >= 15 is 0 Å². The number of rotatable bonds is 3. The molecular formula is C17H19ClN2OS. The van der Waals surface area contributed by atoms with Crippen LogP contribution in [0.4, 0.5) is 5.69 Å². The van der Waals surface area contributed by atoms with Gasteiger partial charge in [0.05, 0.1) is 6.04 Å². The summed E-state index contributed by atoms with van der Waals surface area (Å²) in [6.45, 7) is 5.71. The van der Waals surface area contributed by atoms with Crippen molar-refractivity contribution >= 4 is 34.5 Å². The second-order valence-corrected chi connectivity index (χ2v) is 7.15. The summed E-state index contributed by atoms with van der Waals surface area (Å²) in [4.78, 5) is 16.2. The first-order valence-corrected chi connectivity index (χ1v) is 8.66. The van der Waals surface area contributed by atoms with E-state index in [1.807, 2.05) is 37.3 Å². The smallest absolute Gasteiger partial charge is 0.241 e. The van der Waals surface area contributed by atoms with Gasteiger partial charge >= 0.3 is 0 Å². The fourth-order valence-electron chi connectivity index (χ4n) is 2.73. The van der Waals surface area contributed by atoms with Crippen molar-refractivity contribution in [2.45, 2.75) is 32.9 Å². The van der Waals surface area contributed by atoms with Crippen LogP contribution in [0, 0.1) is 6.92 Å². The Morgan fingerprint density at radius 3 is 3.05 bits per heavy atom. The van der Waals surface area contributed by atoms with Crippen molar-refractivity contribution in [3.8, 4) is 0 Å². The van der Waals surface area contributed by atoms with Crippen molar-refractivity contribution < 1.29 is 4.79 Å². The lowest BCUT2D eigenvalue weighted by atomic mass is 10.1. The number of aryl methyl sites for hydroxylation is 1. The SMILES string of the molecule is Cc1ccc(Cl)cc1NC(=O)[C@@H](C)N1CCc2sccc2C1. The van der Waals surface area contributed by atoms with Crippen molar-refractivity contribution in [3.05, 3.63) is 50.7 Å². The number of hydrogen-bond acceptors (Lipinski definition) is 3. The molecule has 0 unspecified atom stereocenters. The minimum Gasteiger partial charge on any atom is -0.324 e. The molecule has 0 saturated carbocycles. The highest BCUT2D eigenvalue weighted by Gasteiger charge is 2.26. The molecule has 0 bridgehead atoms. The number of anilines is 1. The second kappa shape index (κ2) is 6.41. The molecule has 1 aromatic heterocycles. The Balaban J connectivity index is 1.69. The Hall–Kier alpha value is -1.36. The molecule has 3 rings (SSSR count). The van der Waals surface area contributed by atoms with E-state index in [9.17, 15) is 4.79 Å². The van der Waals surface area contributed by atoms with Crippen LogP contribution in [0.25, 0.3) is 0 Å². The van der Waals surface area contributed by atoms with E-state index in [1.54, 1.807) is 6.07 Å². The molecule has 2 heterocycles.